The number of nitrogens with zero attached hydrogens (tertiary/aromatic N) is 2. The first-order chi connectivity index (χ1) is 13.9. The molecule has 2 N–H and O–H groups in total. The number of aliphatic hydroxyl groups is 1. The third-order valence-electron chi connectivity index (χ3n) is 5.10. The van der Waals surface area contributed by atoms with Crippen molar-refractivity contribution >= 4 is 17.6 Å². The highest BCUT2D eigenvalue weighted by atomic mass is 16.3. The van der Waals surface area contributed by atoms with Crippen molar-refractivity contribution in [3.8, 4) is 0 Å². The number of ketones is 2. The number of allylic oxidation sites excluding steroid dienone is 2. The Morgan fingerprint density at radius 1 is 1.03 bits per heavy atom. The minimum absolute atomic E-state index is 0.0629. The number of carbonyl (C=O) groups excluding carboxylic acids is 2. The molecule has 1 aromatic heterocycles. The van der Waals surface area contributed by atoms with Crippen molar-refractivity contribution in [1.29, 1.82) is 0 Å². The zero-order valence-electron chi connectivity index (χ0n) is 17.8. The average molecular weight is 400 g/mol. The maximum Gasteiger partial charge on any atom is 0.229 e. The molecule has 1 aliphatic carbocycles. The molecule has 1 heterocycles. The van der Waals surface area contributed by atoms with E-state index < -0.39 is 6.10 Å². The molecule has 0 amide bonds. The highest BCUT2D eigenvalue weighted by Crippen LogP contribution is 2.19. The van der Waals surface area contributed by atoms with E-state index in [1.54, 1.807) is 25.3 Å². The lowest BCUT2D eigenvalue weighted by molar-refractivity contribution is 0.0974. The summed E-state index contributed by atoms with van der Waals surface area (Å²) in [5, 5.41) is 20.7. The van der Waals surface area contributed by atoms with E-state index in [1.807, 2.05) is 0 Å². The van der Waals surface area contributed by atoms with Gasteiger partial charge < -0.3 is 10.4 Å². The first-order valence-corrected chi connectivity index (χ1v) is 10.6. The summed E-state index contributed by atoms with van der Waals surface area (Å²) in [6.45, 7) is 4.53. The van der Waals surface area contributed by atoms with E-state index in [0.29, 0.717) is 12.1 Å². The molecule has 0 spiro atoms. The van der Waals surface area contributed by atoms with Gasteiger partial charge in [-0.05, 0) is 24.5 Å². The lowest BCUT2D eigenvalue weighted by Crippen LogP contribution is -2.26. The van der Waals surface area contributed by atoms with Crippen LogP contribution in [0.2, 0.25) is 0 Å². The number of Topliss-reactive ketones (excluding diaryl/α,β-unsaturated/α-hetero) is 1. The van der Waals surface area contributed by atoms with Crippen LogP contribution >= 0.6 is 0 Å². The van der Waals surface area contributed by atoms with Crippen LogP contribution < -0.4 is 5.32 Å². The highest BCUT2D eigenvalue weighted by molar-refractivity contribution is 6.23. The predicted octanol–water partition coefficient (Wildman–Crippen LogP) is 4.11. The fourth-order valence-corrected chi connectivity index (χ4v) is 3.35. The van der Waals surface area contributed by atoms with Crippen LogP contribution in [-0.2, 0) is 0 Å². The van der Waals surface area contributed by atoms with Gasteiger partial charge in [0, 0.05) is 13.1 Å². The van der Waals surface area contributed by atoms with E-state index in [1.165, 1.54) is 38.2 Å². The summed E-state index contributed by atoms with van der Waals surface area (Å²) in [5.41, 5.74) is 0.981. The molecule has 0 bridgehead atoms. The Hall–Kier alpha value is -2.34. The second-order valence-corrected chi connectivity index (χ2v) is 8.05. The Morgan fingerprint density at radius 3 is 2.34 bits per heavy atom. The first kappa shape index (κ1) is 22.9. The van der Waals surface area contributed by atoms with Crippen LogP contribution in [0.5, 0.6) is 0 Å². The third-order valence-corrected chi connectivity index (χ3v) is 5.10. The van der Waals surface area contributed by atoms with Gasteiger partial charge in [0.05, 0.1) is 23.1 Å². The summed E-state index contributed by atoms with van der Waals surface area (Å²) in [7, 11) is 1.58. The van der Waals surface area contributed by atoms with Gasteiger partial charge in [-0.1, -0.05) is 64.9 Å². The van der Waals surface area contributed by atoms with E-state index in [-0.39, 0.29) is 28.5 Å². The Morgan fingerprint density at radius 2 is 1.69 bits per heavy atom. The summed E-state index contributed by atoms with van der Waals surface area (Å²) in [5.74, 6) is 0.175. The predicted molar refractivity (Wildman–Crippen MR) is 115 cm³/mol. The number of fused-ring (bicyclic) bond motifs is 1. The average Bonchev–Trinajstić information content (AvgIpc) is 2.70. The minimum atomic E-state index is -0.554. The highest BCUT2D eigenvalue weighted by Gasteiger charge is 2.27. The first-order valence-electron chi connectivity index (χ1n) is 10.6. The van der Waals surface area contributed by atoms with Gasteiger partial charge in [0.25, 0.3) is 0 Å². The number of aromatic nitrogens is 2. The van der Waals surface area contributed by atoms with Crippen LogP contribution in [0.3, 0.4) is 0 Å². The monoisotopic (exact) mass is 399 g/mol. The summed E-state index contributed by atoms with van der Waals surface area (Å²) in [6.07, 6.45) is 13.2. The molecule has 158 valence electrons. The lowest BCUT2D eigenvalue weighted by Gasteiger charge is -2.13. The van der Waals surface area contributed by atoms with Gasteiger partial charge in [0.1, 0.15) is 5.69 Å². The Labute approximate surface area is 173 Å². The fraction of sp³-hybridized carbons (Fsp3) is 0.565. The molecule has 6 nitrogen and oxygen atoms in total. The number of nitrogens with one attached hydrogen (secondary N) is 1. The molecule has 1 aliphatic rings. The van der Waals surface area contributed by atoms with E-state index >= 15 is 0 Å². The number of likely N-dealkylation sites (N-methyl/N-ethyl adjacent to an activating group) is 1. The second kappa shape index (κ2) is 11.6. The van der Waals surface area contributed by atoms with Crippen LogP contribution in [0.25, 0.3) is 6.08 Å². The van der Waals surface area contributed by atoms with Crippen LogP contribution in [-0.4, -0.2) is 40.0 Å². The maximum absolute atomic E-state index is 12.2. The molecule has 0 radical (unpaired) electrons. The molecule has 2 rings (SSSR count). The summed E-state index contributed by atoms with van der Waals surface area (Å²) in [4.78, 5) is 24.4. The molecular weight excluding hydrogens is 366 g/mol. The zero-order valence-corrected chi connectivity index (χ0v) is 17.8. The molecular formula is C23H33N3O3. The van der Waals surface area contributed by atoms with Gasteiger partial charge >= 0.3 is 0 Å². The number of carbonyl (C=O) groups is 2. The quantitative estimate of drug-likeness (QED) is 0.514. The standard InChI is InChI=1S/C23H33N3O3/c1-16(2)10-8-6-4-5-7-9-11-18(27)13-12-17-14-19-21(28)15-20(24-3)23(29)22(19)26-25-17/h12-16,18,24,27H,4-11H2,1-3H3/t18-/m1/s1. The molecule has 1 aromatic rings. The van der Waals surface area contributed by atoms with Gasteiger partial charge in [-0.3, -0.25) is 9.59 Å². The van der Waals surface area contributed by atoms with Crippen molar-refractivity contribution in [3.63, 3.8) is 0 Å². The Bertz CT molecular complexity index is 769. The van der Waals surface area contributed by atoms with Crippen molar-refractivity contribution < 1.29 is 14.7 Å². The number of aliphatic hydroxyl groups excluding tert-OH is 1. The topological polar surface area (TPSA) is 92.2 Å². The van der Waals surface area contributed by atoms with Gasteiger partial charge in [0.15, 0.2) is 5.78 Å². The van der Waals surface area contributed by atoms with Crippen LogP contribution in [0.15, 0.2) is 23.9 Å². The Kier molecular flexibility index (Phi) is 9.19. The number of rotatable bonds is 12. The van der Waals surface area contributed by atoms with Crippen LogP contribution in [0, 0.1) is 5.92 Å². The van der Waals surface area contributed by atoms with Crippen LogP contribution in [0.1, 0.15) is 91.8 Å². The van der Waals surface area contributed by atoms with Crippen molar-refractivity contribution in [3.05, 3.63) is 40.9 Å². The number of unbranched alkanes of at least 4 members (excludes halogenated alkanes) is 5. The lowest BCUT2D eigenvalue weighted by atomic mass is 9.97. The molecule has 1 atom stereocenters. The second-order valence-electron chi connectivity index (χ2n) is 8.05. The van der Waals surface area contributed by atoms with E-state index in [4.69, 9.17) is 0 Å². The van der Waals surface area contributed by atoms with Crippen molar-refractivity contribution in [2.45, 2.75) is 71.3 Å². The molecule has 0 saturated carbocycles. The van der Waals surface area contributed by atoms with Crippen molar-refractivity contribution in [2.24, 2.45) is 5.92 Å². The largest absolute Gasteiger partial charge is 0.389 e. The SMILES string of the molecule is CNC1=CC(=O)c2cc(C=C[C@H](O)CCCCCCCCC(C)C)nnc2C1=O. The summed E-state index contributed by atoms with van der Waals surface area (Å²) in [6, 6.07) is 1.55. The van der Waals surface area contributed by atoms with Gasteiger partial charge in [0.2, 0.25) is 5.78 Å². The number of hydrogen-bond acceptors (Lipinski definition) is 6. The van der Waals surface area contributed by atoms with E-state index in [9.17, 15) is 14.7 Å². The summed E-state index contributed by atoms with van der Waals surface area (Å²) >= 11 is 0. The molecule has 6 heteroatoms. The number of hydrogen-bond donors (Lipinski definition) is 2. The molecule has 0 aromatic carbocycles. The van der Waals surface area contributed by atoms with Gasteiger partial charge in [-0.15, -0.1) is 5.10 Å². The smallest absolute Gasteiger partial charge is 0.229 e. The molecule has 0 saturated heterocycles. The maximum atomic E-state index is 12.2. The van der Waals surface area contributed by atoms with Gasteiger partial charge in [-0.2, -0.15) is 5.10 Å². The molecule has 0 unspecified atom stereocenters. The zero-order chi connectivity index (χ0) is 21.2. The van der Waals surface area contributed by atoms with E-state index in [2.05, 4.69) is 29.4 Å². The third kappa shape index (κ3) is 7.20. The molecule has 29 heavy (non-hydrogen) atoms. The van der Waals surface area contributed by atoms with E-state index in [0.717, 1.165) is 18.8 Å². The molecule has 0 fully saturated rings. The summed E-state index contributed by atoms with van der Waals surface area (Å²) < 4.78 is 0. The normalized spacial score (nSPS) is 15.0. The van der Waals surface area contributed by atoms with Crippen molar-refractivity contribution in [2.75, 3.05) is 7.05 Å². The van der Waals surface area contributed by atoms with Gasteiger partial charge in [-0.25, -0.2) is 0 Å². The van der Waals surface area contributed by atoms with Crippen LogP contribution in [0.4, 0.5) is 0 Å². The minimum Gasteiger partial charge on any atom is -0.389 e. The fourth-order valence-electron chi connectivity index (χ4n) is 3.35. The Balaban J connectivity index is 1.76. The molecule has 0 aliphatic heterocycles. The van der Waals surface area contributed by atoms with Crippen molar-refractivity contribution in [1.82, 2.24) is 15.5 Å².